The van der Waals surface area contributed by atoms with Crippen molar-refractivity contribution in [2.75, 3.05) is 19.4 Å². The van der Waals surface area contributed by atoms with Crippen molar-refractivity contribution >= 4 is 75.1 Å². The van der Waals surface area contributed by atoms with E-state index < -0.39 is 5.97 Å². The van der Waals surface area contributed by atoms with E-state index in [-0.39, 0.29) is 11.6 Å². The number of hydrogen-bond acceptors (Lipinski definition) is 7. The van der Waals surface area contributed by atoms with Gasteiger partial charge in [-0.25, -0.2) is 4.79 Å². The summed E-state index contributed by atoms with van der Waals surface area (Å²) in [6, 6.07) is 18.5. The minimum absolute atomic E-state index is 0.0953. The third-order valence-electron chi connectivity index (χ3n) is 8.66. The van der Waals surface area contributed by atoms with Gasteiger partial charge in [-0.1, -0.05) is 62.7 Å². The molecule has 49 heavy (non-hydrogen) atoms. The molecule has 0 saturated heterocycles. The number of fused-ring (bicyclic) bond motifs is 6. The molecular formula is C38H44ClN5O3S2. The van der Waals surface area contributed by atoms with Gasteiger partial charge in [0, 0.05) is 82.3 Å². The van der Waals surface area contributed by atoms with E-state index in [0.29, 0.717) is 18.1 Å². The molecule has 1 aliphatic heterocycles. The fourth-order valence-corrected chi connectivity index (χ4v) is 7.95. The number of aromatic carboxylic acids is 1. The second kappa shape index (κ2) is 16.2. The van der Waals surface area contributed by atoms with Gasteiger partial charge in [0.1, 0.15) is 11.4 Å². The van der Waals surface area contributed by atoms with Gasteiger partial charge in [0.15, 0.2) is 0 Å². The molecule has 8 bridgehead atoms. The van der Waals surface area contributed by atoms with Crippen molar-refractivity contribution in [3.8, 4) is 5.75 Å². The Morgan fingerprint density at radius 3 is 2.59 bits per heavy atom. The van der Waals surface area contributed by atoms with Crippen molar-refractivity contribution in [1.82, 2.24) is 19.4 Å². The summed E-state index contributed by atoms with van der Waals surface area (Å²) < 4.78 is 10.2. The van der Waals surface area contributed by atoms with E-state index in [2.05, 4.69) is 42.4 Å². The molecule has 3 aromatic carbocycles. The summed E-state index contributed by atoms with van der Waals surface area (Å²) in [6.45, 7) is 8.47. The molecule has 8 nitrogen and oxygen atoms in total. The molecule has 0 spiro atoms. The lowest BCUT2D eigenvalue weighted by atomic mass is 9.94. The summed E-state index contributed by atoms with van der Waals surface area (Å²) >= 11 is 10.3. The van der Waals surface area contributed by atoms with Crippen LogP contribution in [0.3, 0.4) is 0 Å². The molecule has 5 aromatic rings. The first-order chi connectivity index (χ1) is 23.6. The molecule has 1 aliphatic rings. The predicted molar refractivity (Wildman–Crippen MR) is 208 cm³/mol. The van der Waals surface area contributed by atoms with Crippen LogP contribution in [0.2, 0.25) is 5.02 Å². The Morgan fingerprint density at radius 1 is 1.04 bits per heavy atom. The average molecular weight is 718 g/mol. The molecule has 0 saturated carbocycles. The van der Waals surface area contributed by atoms with Gasteiger partial charge in [-0.3, -0.25) is 9.69 Å². The topological polar surface area (TPSA) is 84.9 Å². The Labute approximate surface area is 302 Å². The molecule has 6 rings (SSSR count). The highest BCUT2D eigenvalue weighted by Gasteiger charge is 2.26. The lowest BCUT2D eigenvalue weighted by Crippen LogP contribution is -2.11. The molecule has 3 heterocycles. The Morgan fingerprint density at radius 2 is 1.82 bits per heavy atom. The van der Waals surface area contributed by atoms with Crippen molar-refractivity contribution in [3.63, 3.8) is 0 Å². The molecule has 11 heteroatoms. The Balaban J connectivity index is 0.00000230. The maximum Gasteiger partial charge on any atom is 0.352 e. The SMILES string of the molecule is C/C1=C\c2c(Cl)ccc3c(c(C(=O)O)n(C)c23)[C@H](C)CCOc2cc(cc3ccccc23)SCc2cc(nn2C)CSC/C=N/N1C.CC. The lowest BCUT2D eigenvalue weighted by Gasteiger charge is -2.16. The number of hydrazone groups is 1. The summed E-state index contributed by atoms with van der Waals surface area (Å²) in [6.07, 6.45) is 4.50. The molecule has 1 N–H and O–H groups in total. The third-order valence-corrected chi connectivity index (χ3v) is 10.9. The van der Waals surface area contributed by atoms with Crippen LogP contribution in [0, 0.1) is 0 Å². The van der Waals surface area contributed by atoms with Gasteiger partial charge in [0.05, 0.1) is 17.8 Å². The van der Waals surface area contributed by atoms with Crippen LogP contribution in [0.1, 0.15) is 73.0 Å². The van der Waals surface area contributed by atoms with Crippen LogP contribution < -0.4 is 4.74 Å². The highest BCUT2D eigenvalue weighted by Crippen LogP contribution is 2.39. The number of allylic oxidation sites excluding steroid dienone is 1. The van der Waals surface area contributed by atoms with Gasteiger partial charge in [-0.2, -0.15) is 10.2 Å². The Kier molecular flexibility index (Phi) is 12.1. The first kappa shape index (κ1) is 36.4. The molecule has 2 aromatic heterocycles. The molecule has 0 radical (unpaired) electrons. The van der Waals surface area contributed by atoms with Gasteiger partial charge < -0.3 is 14.4 Å². The van der Waals surface area contributed by atoms with E-state index in [9.17, 15) is 9.90 Å². The second-order valence-electron chi connectivity index (χ2n) is 11.8. The number of benzene rings is 3. The number of rotatable bonds is 1. The van der Waals surface area contributed by atoms with Crippen molar-refractivity contribution < 1.29 is 14.6 Å². The molecule has 0 unspecified atom stereocenters. The number of hydrogen-bond donors (Lipinski definition) is 1. The predicted octanol–water partition coefficient (Wildman–Crippen LogP) is 9.83. The van der Waals surface area contributed by atoms with E-state index in [1.165, 1.54) is 0 Å². The van der Waals surface area contributed by atoms with Crippen LogP contribution in [-0.2, 0) is 25.6 Å². The number of nitrogens with zero attached hydrogens (tertiary/aromatic N) is 5. The maximum atomic E-state index is 12.7. The molecule has 0 amide bonds. The summed E-state index contributed by atoms with van der Waals surface area (Å²) in [7, 11) is 5.69. The van der Waals surface area contributed by atoms with E-state index in [4.69, 9.17) is 21.4 Å². The first-order valence-corrected chi connectivity index (χ1v) is 19.0. The molecule has 0 aliphatic carbocycles. The van der Waals surface area contributed by atoms with Crippen LogP contribution in [0.4, 0.5) is 0 Å². The zero-order valence-electron chi connectivity index (χ0n) is 29.2. The van der Waals surface area contributed by atoms with Gasteiger partial charge in [-0.05, 0) is 60.6 Å². The third kappa shape index (κ3) is 7.97. The van der Waals surface area contributed by atoms with Crippen molar-refractivity contribution in [1.29, 1.82) is 0 Å². The van der Waals surface area contributed by atoms with Crippen LogP contribution in [0.5, 0.6) is 5.75 Å². The number of aryl methyl sites for hydroxylation is 2. The quantitative estimate of drug-likeness (QED) is 0.185. The van der Waals surface area contributed by atoms with E-state index >= 15 is 0 Å². The highest BCUT2D eigenvalue weighted by molar-refractivity contribution is 7.99. The number of halogens is 1. The standard InChI is InChI=1S/C36H38ClN5O3S2.C2H6/c1-22-12-14-45-32-19-27(17-24-8-6-7-9-28(24)32)47-21-26-18-25(39-42(26)5)20-46-15-13-38-41(4)23(2)16-30-31(37)11-10-29-33(22)35(36(43)44)40(3)34(29)30;1-2/h6-11,13,16-19,22H,12,14-15,20-21H2,1-5H3,(H,43,44);1-2H3/b23-16+,38-13+;/t22-;/m1./s1. The lowest BCUT2D eigenvalue weighted by molar-refractivity contribution is 0.0685. The zero-order valence-corrected chi connectivity index (χ0v) is 31.5. The van der Waals surface area contributed by atoms with Gasteiger partial charge in [0.2, 0.25) is 0 Å². The Bertz CT molecular complexity index is 2030. The van der Waals surface area contributed by atoms with Gasteiger partial charge in [-0.15, -0.1) is 23.5 Å². The van der Waals surface area contributed by atoms with Gasteiger partial charge in [0.25, 0.3) is 0 Å². The van der Waals surface area contributed by atoms with Crippen LogP contribution in [-0.4, -0.2) is 56.1 Å². The second-order valence-corrected chi connectivity index (χ2v) is 14.3. The van der Waals surface area contributed by atoms with Crippen molar-refractivity contribution in [2.45, 2.75) is 56.4 Å². The monoisotopic (exact) mass is 717 g/mol. The summed E-state index contributed by atoms with van der Waals surface area (Å²) in [5, 5.41) is 25.2. The summed E-state index contributed by atoms with van der Waals surface area (Å²) in [4.78, 5) is 13.8. The summed E-state index contributed by atoms with van der Waals surface area (Å²) in [5.41, 5.74) is 5.66. The highest BCUT2D eigenvalue weighted by atomic mass is 35.5. The number of aromatic nitrogens is 3. The molecule has 258 valence electrons. The number of carboxylic acid groups (broad SMARTS) is 1. The zero-order chi connectivity index (χ0) is 35.2. The van der Waals surface area contributed by atoms with Crippen molar-refractivity contribution in [3.05, 3.63) is 93.5 Å². The summed E-state index contributed by atoms with van der Waals surface area (Å²) in [5.74, 6) is 2.06. The molecule has 1 atom stereocenters. The molecular weight excluding hydrogens is 674 g/mol. The van der Waals surface area contributed by atoms with Gasteiger partial charge >= 0.3 is 5.97 Å². The first-order valence-electron chi connectivity index (χ1n) is 16.5. The van der Waals surface area contributed by atoms with Crippen LogP contribution in [0.25, 0.3) is 27.8 Å². The van der Waals surface area contributed by atoms with Crippen LogP contribution >= 0.6 is 35.1 Å². The largest absolute Gasteiger partial charge is 0.493 e. The number of carbonyl (C=O) groups is 1. The molecule has 0 fully saturated rings. The van der Waals surface area contributed by atoms with Crippen LogP contribution in [0.15, 0.2) is 70.3 Å². The number of carboxylic acids is 1. The van der Waals surface area contributed by atoms with E-state index in [1.807, 2.05) is 81.1 Å². The Hall–Kier alpha value is -3.86. The maximum absolute atomic E-state index is 12.7. The number of ether oxygens (including phenoxy) is 1. The van der Waals surface area contributed by atoms with E-state index in [1.54, 1.807) is 35.1 Å². The fourth-order valence-electron chi connectivity index (χ4n) is 6.12. The number of thioether (sulfide) groups is 2. The normalized spacial score (nSPS) is 17.8. The van der Waals surface area contributed by atoms with E-state index in [0.717, 1.165) is 77.8 Å². The fraction of sp³-hybridized carbons (Fsp3) is 0.342. The minimum atomic E-state index is -0.970. The average Bonchev–Trinajstić information content (AvgIpc) is 3.60. The van der Waals surface area contributed by atoms with Crippen molar-refractivity contribution in [2.24, 2.45) is 19.2 Å². The smallest absolute Gasteiger partial charge is 0.352 e. The minimum Gasteiger partial charge on any atom is -0.493 e.